The van der Waals surface area contributed by atoms with Crippen LogP contribution in [-0.2, 0) is 17.8 Å². The average molecular weight is 352 g/mol. The Morgan fingerprint density at radius 1 is 1.54 bits per heavy atom. The molecule has 9 heteroatoms. The van der Waals surface area contributed by atoms with Crippen molar-refractivity contribution in [1.29, 1.82) is 0 Å². The van der Waals surface area contributed by atoms with E-state index in [1.54, 1.807) is 29.5 Å². The van der Waals surface area contributed by atoms with Crippen LogP contribution in [0.2, 0.25) is 0 Å². The minimum atomic E-state index is -0.840. The maximum atomic E-state index is 13.9. The Kier molecular flexibility index (Phi) is 5.52. The summed E-state index contributed by atoms with van der Waals surface area (Å²) in [5.41, 5.74) is 0. The molecule has 0 aliphatic carbocycles. The molecule has 2 atom stereocenters. The zero-order chi connectivity index (χ0) is 16.9. The van der Waals surface area contributed by atoms with Gasteiger partial charge in [0.2, 0.25) is 5.91 Å². The zero-order valence-electron chi connectivity index (χ0n) is 13.6. The summed E-state index contributed by atoms with van der Waals surface area (Å²) in [7, 11) is 1.77. The van der Waals surface area contributed by atoms with Gasteiger partial charge in [0.1, 0.15) is 23.3 Å². The van der Waals surface area contributed by atoms with Crippen molar-refractivity contribution in [2.75, 3.05) is 20.1 Å². The number of aromatic nitrogens is 4. The molecule has 3 rings (SSSR count). The first-order valence-corrected chi connectivity index (χ1v) is 8.84. The molecule has 2 aromatic rings. The lowest BCUT2D eigenvalue weighted by molar-refractivity contribution is -0.130. The summed E-state index contributed by atoms with van der Waals surface area (Å²) in [4.78, 5) is 24.3. The van der Waals surface area contributed by atoms with Gasteiger partial charge in [-0.1, -0.05) is 0 Å². The fraction of sp³-hybridized carbons (Fsp3) is 0.600. The number of carbonyl (C=O) groups is 1. The average Bonchev–Trinajstić information content (AvgIpc) is 3.29. The molecule has 1 saturated heterocycles. The molecule has 1 amide bonds. The van der Waals surface area contributed by atoms with Gasteiger partial charge in [-0.3, -0.25) is 14.8 Å². The Hall–Kier alpha value is -1.87. The Morgan fingerprint density at radius 3 is 3.12 bits per heavy atom. The van der Waals surface area contributed by atoms with Crippen LogP contribution in [0, 0.1) is 0 Å². The molecule has 0 spiro atoms. The number of aromatic amines is 1. The summed E-state index contributed by atoms with van der Waals surface area (Å²) in [6.45, 7) is 1.58. The number of nitrogens with zero attached hydrogens (tertiary/aromatic N) is 5. The monoisotopic (exact) mass is 352 g/mol. The number of hydrogen-bond acceptors (Lipinski definition) is 6. The summed E-state index contributed by atoms with van der Waals surface area (Å²) in [6, 6.07) is 0.0307. The molecule has 2 aromatic heterocycles. The van der Waals surface area contributed by atoms with Crippen LogP contribution in [0.3, 0.4) is 0 Å². The Bertz CT molecular complexity index is 634. The molecule has 1 fully saturated rings. The highest BCUT2D eigenvalue weighted by molar-refractivity contribution is 7.09. The molecule has 7 nitrogen and oxygen atoms in total. The molecule has 0 bridgehead atoms. The van der Waals surface area contributed by atoms with E-state index in [1.165, 1.54) is 6.33 Å². The van der Waals surface area contributed by atoms with Gasteiger partial charge in [-0.15, -0.1) is 11.3 Å². The number of alkyl halides is 1. The lowest BCUT2D eigenvalue weighted by Gasteiger charge is -2.27. The maximum absolute atomic E-state index is 13.9. The molecule has 3 heterocycles. The van der Waals surface area contributed by atoms with Crippen LogP contribution in [0.1, 0.15) is 23.7 Å². The second-order valence-electron chi connectivity index (χ2n) is 6.05. The van der Waals surface area contributed by atoms with Crippen molar-refractivity contribution >= 4 is 17.2 Å². The van der Waals surface area contributed by atoms with Gasteiger partial charge in [-0.25, -0.2) is 14.4 Å². The Labute approximate surface area is 143 Å². The molecular formula is C15H21FN6OS. The first-order chi connectivity index (χ1) is 11.6. The lowest BCUT2D eigenvalue weighted by atomic mass is 10.2. The molecule has 0 aromatic carbocycles. The number of aryl methyl sites for hydroxylation is 1. The normalized spacial score (nSPS) is 21.2. The first-order valence-electron chi connectivity index (χ1n) is 7.96. The van der Waals surface area contributed by atoms with Gasteiger partial charge in [-0.05, 0) is 6.42 Å². The number of halogens is 1. The quantitative estimate of drug-likeness (QED) is 0.812. The number of likely N-dealkylation sites (tertiary alicyclic amines) is 1. The van der Waals surface area contributed by atoms with E-state index in [0.717, 1.165) is 5.01 Å². The number of carbonyl (C=O) groups excluding carboxylic acids is 1. The second-order valence-corrected chi connectivity index (χ2v) is 7.03. The van der Waals surface area contributed by atoms with Crippen LogP contribution in [0.25, 0.3) is 0 Å². The molecule has 24 heavy (non-hydrogen) atoms. The minimum absolute atomic E-state index is 0.0305. The summed E-state index contributed by atoms with van der Waals surface area (Å²) < 4.78 is 13.9. The van der Waals surface area contributed by atoms with Crippen LogP contribution in [-0.4, -0.2) is 68.2 Å². The summed E-state index contributed by atoms with van der Waals surface area (Å²) in [6.07, 6.45) is 3.71. The number of hydrogen-bond donors (Lipinski definition) is 1. The smallest absolute Gasteiger partial charge is 0.222 e. The van der Waals surface area contributed by atoms with Gasteiger partial charge >= 0.3 is 0 Å². The molecule has 1 aliphatic heterocycles. The third-order valence-corrected chi connectivity index (χ3v) is 5.01. The number of H-pyrrole nitrogens is 1. The van der Waals surface area contributed by atoms with E-state index < -0.39 is 6.17 Å². The highest BCUT2D eigenvalue weighted by Crippen LogP contribution is 2.24. The van der Waals surface area contributed by atoms with Gasteiger partial charge in [0.25, 0.3) is 0 Å². The van der Waals surface area contributed by atoms with Gasteiger partial charge < -0.3 is 4.90 Å². The highest BCUT2D eigenvalue weighted by atomic mass is 32.1. The van der Waals surface area contributed by atoms with Crippen molar-refractivity contribution in [1.82, 2.24) is 30.0 Å². The van der Waals surface area contributed by atoms with E-state index in [-0.39, 0.29) is 11.9 Å². The topological polar surface area (TPSA) is 78.0 Å². The van der Waals surface area contributed by atoms with Gasteiger partial charge in [-0.2, -0.15) is 5.10 Å². The fourth-order valence-electron chi connectivity index (χ4n) is 3.00. The standard InChI is InChI=1S/C15H21FN6OS/c1-21(15(23)3-2-13-18-10-19-20-13)8-12-6-11(16)7-22(12)9-14-17-4-5-24-14/h4-5,10-12H,2-3,6-9H2,1H3,(H,18,19,20)/t11-,12-/m0/s1. The summed E-state index contributed by atoms with van der Waals surface area (Å²) in [5.74, 6) is 0.731. The van der Waals surface area contributed by atoms with E-state index in [0.29, 0.717) is 44.7 Å². The molecule has 0 unspecified atom stereocenters. The summed E-state index contributed by atoms with van der Waals surface area (Å²) >= 11 is 1.57. The number of thiazole rings is 1. The van der Waals surface area contributed by atoms with E-state index in [9.17, 15) is 9.18 Å². The third-order valence-electron chi connectivity index (χ3n) is 4.25. The maximum Gasteiger partial charge on any atom is 0.222 e. The van der Waals surface area contributed by atoms with Crippen LogP contribution in [0.5, 0.6) is 0 Å². The van der Waals surface area contributed by atoms with Gasteiger partial charge in [0.05, 0.1) is 6.54 Å². The van der Waals surface area contributed by atoms with E-state index in [2.05, 4.69) is 25.1 Å². The minimum Gasteiger partial charge on any atom is -0.344 e. The predicted molar refractivity (Wildman–Crippen MR) is 88.2 cm³/mol. The second kappa shape index (κ2) is 7.80. The van der Waals surface area contributed by atoms with Crippen molar-refractivity contribution in [3.63, 3.8) is 0 Å². The predicted octanol–water partition coefficient (Wildman–Crippen LogP) is 1.26. The Balaban J connectivity index is 1.51. The number of rotatable bonds is 7. The molecule has 1 N–H and O–H groups in total. The zero-order valence-corrected chi connectivity index (χ0v) is 14.4. The molecule has 0 saturated carbocycles. The first kappa shape index (κ1) is 17.0. The van der Waals surface area contributed by atoms with Gasteiger partial charge in [0.15, 0.2) is 0 Å². The number of nitrogens with one attached hydrogen (secondary N) is 1. The molecular weight excluding hydrogens is 331 g/mol. The molecule has 1 aliphatic rings. The largest absolute Gasteiger partial charge is 0.344 e. The fourth-order valence-corrected chi connectivity index (χ4v) is 3.64. The number of likely N-dealkylation sites (N-methyl/N-ethyl adjacent to an activating group) is 1. The van der Waals surface area contributed by atoms with E-state index >= 15 is 0 Å². The molecule has 0 radical (unpaired) electrons. The van der Waals surface area contributed by atoms with Crippen molar-refractivity contribution in [2.45, 2.75) is 38.0 Å². The lowest BCUT2D eigenvalue weighted by Crippen LogP contribution is -2.41. The van der Waals surface area contributed by atoms with E-state index in [1.807, 2.05) is 5.38 Å². The van der Waals surface area contributed by atoms with Crippen LogP contribution in [0.4, 0.5) is 4.39 Å². The third kappa shape index (κ3) is 4.35. The van der Waals surface area contributed by atoms with Crippen LogP contribution in [0.15, 0.2) is 17.9 Å². The summed E-state index contributed by atoms with van der Waals surface area (Å²) in [5, 5.41) is 9.42. The number of amides is 1. The van der Waals surface area contributed by atoms with Crippen molar-refractivity contribution in [3.8, 4) is 0 Å². The molecule has 130 valence electrons. The van der Waals surface area contributed by atoms with Crippen LogP contribution >= 0.6 is 11.3 Å². The highest BCUT2D eigenvalue weighted by Gasteiger charge is 2.33. The van der Waals surface area contributed by atoms with Crippen molar-refractivity contribution in [3.05, 3.63) is 28.7 Å². The van der Waals surface area contributed by atoms with Gasteiger partial charge in [0, 0.05) is 50.6 Å². The van der Waals surface area contributed by atoms with Crippen molar-refractivity contribution < 1.29 is 9.18 Å². The van der Waals surface area contributed by atoms with E-state index in [4.69, 9.17) is 0 Å². The van der Waals surface area contributed by atoms with Crippen LogP contribution < -0.4 is 0 Å². The Morgan fingerprint density at radius 2 is 2.42 bits per heavy atom. The SMILES string of the molecule is CN(C[C@@H]1C[C@H](F)CN1Cc1nccs1)C(=O)CCc1ncn[nH]1. The van der Waals surface area contributed by atoms with Crippen molar-refractivity contribution in [2.24, 2.45) is 0 Å².